The third kappa shape index (κ3) is 3.75. The molecular weight excluding hydrogens is 458 g/mol. The van der Waals surface area contributed by atoms with E-state index >= 15 is 0 Å². The Balaban J connectivity index is 1.72. The topological polar surface area (TPSA) is 116 Å². The second-order valence-electron chi connectivity index (χ2n) is 8.86. The molecule has 0 amide bonds. The van der Waals surface area contributed by atoms with Gasteiger partial charge in [0.25, 0.3) is 0 Å². The van der Waals surface area contributed by atoms with Crippen LogP contribution in [0.1, 0.15) is 45.6 Å². The smallest absolute Gasteiger partial charge is 0.244 e. The van der Waals surface area contributed by atoms with Crippen LogP contribution in [-0.2, 0) is 10.0 Å². The normalized spacial score (nSPS) is 19.5. The van der Waals surface area contributed by atoms with E-state index in [2.05, 4.69) is 14.9 Å². The number of aromatic nitrogens is 4. The first-order valence-corrected chi connectivity index (χ1v) is 13.5. The predicted octanol–water partition coefficient (Wildman–Crippen LogP) is 4.27. The van der Waals surface area contributed by atoms with Gasteiger partial charge in [0.15, 0.2) is 0 Å². The number of hydrogen-bond acceptors (Lipinski definition) is 7. The summed E-state index contributed by atoms with van der Waals surface area (Å²) in [6.07, 6.45) is 4.85. The quantitative estimate of drug-likeness (QED) is 0.436. The molecule has 33 heavy (non-hydrogen) atoms. The lowest BCUT2D eigenvalue weighted by atomic mass is 9.92. The fourth-order valence-electron chi connectivity index (χ4n) is 4.57. The molecule has 0 spiro atoms. The summed E-state index contributed by atoms with van der Waals surface area (Å²) >= 11 is 1.61. The molecule has 8 nitrogen and oxygen atoms in total. The monoisotopic (exact) mass is 485 g/mol. The molecule has 4 aromatic rings. The second-order valence-corrected chi connectivity index (χ2v) is 12.0. The molecule has 3 aromatic heterocycles. The van der Waals surface area contributed by atoms with E-state index in [1.54, 1.807) is 25.2 Å². The lowest BCUT2D eigenvalue weighted by Crippen LogP contribution is -2.23. The van der Waals surface area contributed by atoms with E-state index in [9.17, 15) is 13.5 Å². The molecular formula is C23H27N5O3S2. The first-order valence-electron chi connectivity index (χ1n) is 11.1. The number of nitrogen functional groups attached to an aromatic ring is 1. The fourth-order valence-corrected chi connectivity index (χ4v) is 6.35. The molecule has 0 aliphatic heterocycles. The van der Waals surface area contributed by atoms with Gasteiger partial charge < -0.3 is 15.4 Å². The van der Waals surface area contributed by atoms with Gasteiger partial charge in [-0.2, -0.15) is 11.3 Å². The van der Waals surface area contributed by atoms with Gasteiger partial charge in [-0.25, -0.2) is 22.4 Å². The summed E-state index contributed by atoms with van der Waals surface area (Å²) in [6.45, 7) is 3.26. The molecule has 0 radical (unpaired) electrons. The van der Waals surface area contributed by atoms with Crippen LogP contribution in [0.4, 0.5) is 5.95 Å². The third-order valence-electron chi connectivity index (χ3n) is 6.41. The van der Waals surface area contributed by atoms with Crippen molar-refractivity contribution < 1.29 is 13.5 Å². The molecule has 10 heteroatoms. The molecule has 1 aliphatic rings. The van der Waals surface area contributed by atoms with Crippen molar-refractivity contribution in [2.24, 2.45) is 0 Å². The van der Waals surface area contributed by atoms with Crippen LogP contribution >= 0.6 is 11.3 Å². The Hall–Kier alpha value is -2.69. The highest BCUT2D eigenvalue weighted by Gasteiger charge is 2.28. The molecule has 1 fully saturated rings. The summed E-state index contributed by atoms with van der Waals surface area (Å²) in [5, 5.41) is 13.4. The van der Waals surface area contributed by atoms with Gasteiger partial charge in [0, 0.05) is 22.5 Å². The molecule has 174 valence electrons. The first-order chi connectivity index (χ1) is 15.8. The highest BCUT2D eigenvalue weighted by Crippen LogP contribution is 2.39. The van der Waals surface area contributed by atoms with Crippen LogP contribution in [0.15, 0.2) is 41.4 Å². The van der Waals surface area contributed by atoms with Crippen LogP contribution in [0, 0.1) is 0 Å². The second kappa shape index (κ2) is 8.27. The molecule has 3 N–H and O–H groups in total. The molecule has 0 atom stereocenters. The molecule has 0 unspecified atom stereocenters. The zero-order valence-electron chi connectivity index (χ0n) is 18.5. The number of rotatable bonds is 5. The molecule has 0 saturated heterocycles. The van der Waals surface area contributed by atoms with E-state index < -0.39 is 15.3 Å². The van der Waals surface area contributed by atoms with Crippen LogP contribution < -0.4 is 5.73 Å². The number of aliphatic hydroxyl groups is 1. The van der Waals surface area contributed by atoms with E-state index in [0.717, 1.165) is 52.2 Å². The third-order valence-corrected chi connectivity index (χ3v) is 9.18. The van der Waals surface area contributed by atoms with Gasteiger partial charge in [0.1, 0.15) is 0 Å². The van der Waals surface area contributed by atoms with E-state index in [0.29, 0.717) is 11.0 Å². The maximum absolute atomic E-state index is 13.0. The van der Waals surface area contributed by atoms with Crippen LogP contribution in [0.2, 0.25) is 0 Å². The van der Waals surface area contributed by atoms with E-state index in [1.165, 1.54) is 0 Å². The number of nitrogens with zero attached hydrogens (tertiary/aromatic N) is 4. The molecule has 0 bridgehead atoms. The Morgan fingerprint density at radius 3 is 2.58 bits per heavy atom. The summed E-state index contributed by atoms with van der Waals surface area (Å²) in [6, 6.07) is 7.86. The Labute approximate surface area is 196 Å². The summed E-state index contributed by atoms with van der Waals surface area (Å²) in [7, 11) is -3.69. The van der Waals surface area contributed by atoms with Gasteiger partial charge in [-0.05, 0) is 63.1 Å². The van der Waals surface area contributed by atoms with E-state index in [4.69, 9.17) is 10.7 Å². The van der Waals surface area contributed by atoms with E-state index in [1.807, 2.05) is 36.0 Å². The highest BCUT2D eigenvalue weighted by atomic mass is 32.2. The molecule has 1 saturated carbocycles. The van der Waals surface area contributed by atoms with Crippen molar-refractivity contribution in [3.05, 3.63) is 41.4 Å². The SMILES string of the molecule is CC(C)S(=O)(=O)n1c(N)nc2ccc(-c3c(-c4ccsc4)ncn3[C@H]3CC[C@H](O)CC3)cc21. The van der Waals surface area contributed by atoms with Crippen LogP contribution in [0.25, 0.3) is 33.5 Å². The highest BCUT2D eigenvalue weighted by molar-refractivity contribution is 7.90. The Morgan fingerprint density at radius 1 is 1.15 bits per heavy atom. The fraction of sp³-hybridized carbons (Fsp3) is 0.391. The van der Waals surface area contributed by atoms with Crippen molar-refractivity contribution in [3.8, 4) is 22.5 Å². The number of anilines is 1. The average molecular weight is 486 g/mol. The van der Waals surface area contributed by atoms with Gasteiger partial charge in [0.2, 0.25) is 16.0 Å². The Bertz CT molecular complexity index is 1400. The maximum atomic E-state index is 13.0. The van der Waals surface area contributed by atoms with Crippen molar-refractivity contribution in [1.29, 1.82) is 0 Å². The minimum absolute atomic E-state index is 0.0383. The summed E-state index contributed by atoms with van der Waals surface area (Å²) in [5.41, 5.74) is 10.7. The summed E-state index contributed by atoms with van der Waals surface area (Å²) in [5.74, 6) is -0.0383. The van der Waals surface area contributed by atoms with Crippen molar-refractivity contribution in [2.75, 3.05) is 5.73 Å². The molecule has 3 heterocycles. The number of nitrogens with two attached hydrogens (primary N) is 1. The standard InChI is InChI=1S/C23H27N5O3S2/c1-14(2)33(30,31)28-20-11-15(3-8-19(20)26-23(28)24)22-21(16-9-10-32-12-16)25-13-27(22)17-4-6-18(29)7-5-17/h3,8-14,17-18,29H,4-7H2,1-2H3,(H2,24,26)/t17-,18-. The van der Waals surface area contributed by atoms with Crippen LogP contribution in [0.3, 0.4) is 0 Å². The summed E-state index contributed by atoms with van der Waals surface area (Å²) in [4.78, 5) is 9.05. The molecule has 5 rings (SSSR count). The minimum atomic E-state index is -3.69. The van der Waals surface area contributed by atoms with Crippen molar-refractivity contribution in [1.82, 2.24) is 18.5 Å². The number of benzene rings is 1. The van der Waals surface area contributed by atoms with Crippen molar-refractivity contribution in [2.45, 2.75) is 56.9 Å². The van der Waals surface area contributed by atoms with Crippen LogP contribution in [-0.4, -0.2) is 43.4 Å². The largest absolute Gasteiger partial charge is 0.393 e. The first kappa shape index (κ1) is 22.1. The number of aliphatic hydroxyl groups excluding tert-OH is 1. The zero-order valence-corrected chi connectivity index (χ0v) is 20.2. The minimum Gasteiger partial charge on any atom is -0.393 e. The Morgan fingerprint density at radius 2 is 1.91 bits per heavy atom. The van der Waals surface area contributed by atoms with Crippen LogP contribution in [0.5, 0.6) is 0 Å². The lowest BCUT2D eigenvalue weighted by Gasteiger charge is -2.28. The number of imidazole rings is 2. The summed E-state index contributed by atoms with van der Waals surface area (Å²) < 4.78 is 29.4. The van der Waals surface area contributed by atoms with Gasteiger partial charge in [-0.3, -0.25) is 0 Å². The number of fused-ring (bicyclic) bond motifs is 1. The molecule has 1 aliphatic carbocycles. The van der Waals surface area contributed by atoms with Crippen molar-refractivity contribution >= 4 is 38.3 Å². The number of thiophene rings is 1. The van der Waals surface area contributed by atoms with Gasteiger partial charge >= 0.3 is 0 Å². The zero-order chi connectivity index (χ0) is 23.3. The number of hydrogen-bond donors (Lipinski definition) is 2. The lowest BCUT2D eigenvalue weighted by molar-refractivity contribution is 0.111. The molecule has 1 aromatic carbocycles. The predicted molar refractivity (Wildman–Crippen MR) is 132 cm³/mol. The van der Waals surface area contributed by atoms with Gasteiger partial charge in [0.05, 0.1) is 40.1 Å². The van der Waals surface area contributed by atoms with Gasteiger partial charge in [-0.15, -0.1) is 0 Å². The van der Waals surface area contributed by atoms with Crippen molar-refractivity contribution in [3.63, 3.8) is 0 Å². The Kier molecular flexibility index (Phi) is 5.54. The maximum Gasteiger partial charge on any atom is 0.244 e. The van der Waals surface area contributed by atoms with Gasteiger partial charge in [-0.1, -0.05) is 6.07 Å². The van der Waals surface area contributed by atoms with E-state index in [-0.39, 0.29) is 18.1 Å². The average Bonchev–Trinajstić information content (AvgIpc) is 3.51.